The van der Waals surface area contributed by atoms with Crippen LogP contribution in [-0.2, 0) is 6.61 Å². The molecule has 4 aromatic rings. The zero-order chi connectivity index (χ0) is 23.2. The van der Waals surface area contributed by atoms with E-state index in [9.17, 15) is 4.79 Å². The molecule has 0 fully saturated rings. The molecule has 33 heavy (non-hydrogen) atoms. The molecule has 0 saturated carbocycles. The van der Waals surface area contributed by atoms with Gasteiger partial charge in [0.05, 0.1) is 22.0 Å². The predicted molar refractivity (Wildman–Crippen MR) is 131 cm³/mol. The van der Waals surface area contributed by atoms with Crippen LogP contribution in [-0.4, -0.2) is 22.3 Å². The molecular formula is C25H20Cl2N4O2. The van der Waals surface area contributed by atoms with E-state index in [1.807, 2.05) is 36.4 Å². The maximum atomic E-state index is 12.4. The number of hydrogen-bond acceptors (Lipinski definition) is 4. The molecule has 2 N–H and O–H groups in total. The van der Waals surface area contributed by atoms with Crippen molar-refractivity contribution < 1.29 is 9.53 Å². The van der Waals surface area contributed by atoms with Gasteiger partial charge in [0.2, 0.25) is 0 Å². The molecule has 0 atom stereocenters. The summed E-state index contributed by atoms with van der Waals surface area (Å²) in [5.74, 6) is 0.312. The van der Waals surface area contributed by atoms with E-state index in [1.54, 1.807) is 24.3 Å². The fourth-order valence-electron chi connectivity index (χ4n) is 3.01. The zero-order valence-electron chi connectivity index (χ0n) is 17.7. The molecule has 1 amide bonds. The fraction of sp³-hybridized carbons (Fsp3) is 0.0800. The van der Waals surface area contributed by atoms with Crippen LogP contribution in [0.2, 0.25) is 10.0 Å². The van der Waals surface area contributed by atoms with Gasteiger partial charge >= 0.3 is 0 Å². The number of amides is 1. The first kappa shape index (κ1) is 22.6. The van der Waals surface area contributed by atoms with E-state index in [0.717, 1.165) is 16.9 Å². The van der Waals surface area contributed by atoms with Gasteiger partial charge in [0, 0.05) is 11.1 Å². The number of hydrazone groups is 1. The lowest BCUT2D eigenvalue weighted by molar-refractivity contribution is 0.0950. The number of nitrogens with zero attached hydrogens (tertiary/aromatic N) is 2. The molecule has 0 saturated heterocycles. The lowest BCUT2D eigenvalue weighted by Crippen LogP contribution is -2.18. The topological polar surface area (TPSA) is 79.4 Å². The molecule has 6 nitrogen and oxygen atoms in total. The Kier molecular flexibility index (Phi) is 7.07. The summed E-state index contributed by atoms with van der Waals surface area (Å²) in [5.41, 5.74) is 7.02. The SMILES string of the molecule is Cc1ccc(COc2ccc(-c3cc(C(=O)N/N=C\c4c(Cl)cccc4Cl)[nH]n3)cc2)cc1. The Labute approximate surface area is 201 Å². The predicted octanol–water partition coefficient (Wildman–Crippen LogP) is 6.03. The van der Waals surface area contributed by atoms with Crippen molar-refractivity contribution in [2.45, 2.75) is 13.5 Å². The van der Waals surface area contributed by atoms with Crippen molar-refractivity contribution in [1.82, 2.24) is 15.6 Å². The molecule has 0 bridgehead atoms. The van der Waals surface area contributed by atoms with Crippen LogP contribution < -0.4 is 10.2 Å². The number of nitrogens with one attached hydrogen (secondary N) is 2. The van der Waals surface area contributed by atoms with E-state index < -0.39 is 5.91 Å². The Hall–Kier alpha value is -3.61. The third-order valence-corrected chi connectivity index (χ3v) is 5.52. The summed E-state index contributed by atoms with van der Waals surface area (Å²) in [6.45, 7) is 2.55. The van der Waals surface area contributed by atoms with Gasteiger partial charge in [-0.25, -0.2) is 5.43 Å². The van der Waals surface area contributed by atoms with E-state index in [0.29, 0.717) is 27.9 Å². The number of aryl methyl sites for hydroxylation is 1. The fourth-order valence-corrected chi connectivity index (χ4v) is 3.50. The van der Waals surface area contributed by atoms with E-state index in [4.69, 9.17) is 27.9 Å². The van der Waals surface area contributed by atoms with Crippen molar-refractivity contribution in [3.05, 3.63) is 105 Å². The number of rotatable bonds is 7. The van der Waals surface area contributed by atoms with Gasteiger partial charge in [-0.2, -0.15) is 10.2 Å². The second-order valence-corrected chi connectivity index (χ2v) is 8.11. The van der Waals surface area contributed by atoms with Crippen LogP contribution in [0.1, 0.15) is 27.2 Å². The maximum absolute atomic E-state index is 12.4. The van der Waals surface area contributed by atoms with E-state index >= 15 is 0 Å². The largest absolute Gasteiger partial charge is 0.489 e. The first-order chi connectivity index (χ1) is 16.0. The molecule has 8 heteroatoms. The average Bonchev–Trinajstić information content (AvgIpc) is 3.31. The van der Waals surface area contributed by atoms with Crippen molar-refractivity contribution in [2.75, 3.05) is 0 Å². The normalized spacial score (nSPS) is 11.0. The van der Waals surface area contributed by atoms with Gasteiger partial charge in [-0.3, -0.25) is 9.89 Å². The minimum Gasteiger partial charge on any atom is -0.489 e. The Bertz CT molecular complexity index is 1260. The quantitative estimate of drug-likeness (QED) is 0.251. The molecular weight excluding hydrogens is 459 g/mol. The van der Waals surface area contributed by atoms with Gasteiger partial charge in [0.1, 0.15) is 18.1 Å². The van der Waals surface area contributed by atoms with E-state index in [2.05, 4.69) is 39.8 Å². The number of halogens is 2. The number of carbonyl (C=O) groups is 1. The highest BCUT2D eigenvalue weighted by molar-refractivity contribution is 6.38. The van der Waals surface area contributed by atoms with Crippen LogP contribution in [0.15, 0.2) is 77.9 Å². The second-order valence-electron chi connectivity index (χ2n) is 7.30. The minimum atomic E-state index is -0.439. The summed E-state index contributed by atoms with van der Waals surface area (Å²) in [6.07, 6.45) is 1.40. The Morgan fingerprint density at radius 1 is 1.06 bits per heavy atom. The highest BCUT2D eigenvalue weighted by Gasteiger charge is 2.11. The first-order valence-electron chi connectivity index (χ1n) is 10.1. The van der Waals surface area contributed by atoms with Crippen molar-refractivity contribution in [3.63, 3.8) is 0 Å². The first-order valence-corrected chi connectivity index (χ1v) is 10.9. The van der Waals surface area contributed by atoms with Crippen molar-refractivity contribution >= 4 is 35.3 Å². The number of hydrogen-bond donors (Lipinski definition) is 2. The molecule has 0 aliphatic heterocycles. The van der Waals surface area contributed by atoms with Gasteiger partial charge in [0.15, 0.2) is 0 Å². The molecule has 4 rings (SSSR count). The minimum absolute atomic E-state index is 0.270. The van der Waals surface area contributed by atoms with Crippen LogP contribution in [0.3, 0.4) is 0 Å². The number of benzene rings is 3. The van der Waals surface area contributed by atoms with Crippen LogP contribution in [0, 0.1) is 6.92 Å². The van der Waals surface area contributed by atoms with Gasteiger partial charge in [-0.15, -0.1) is 0 Å². The number of H-pyrrole nitrogens is 1. The van der Waals surface area contributed by atoms with Gasteiger partial charge in [-0.05, 0) is 55.0 Å². The third-order valence-electron chi connectivity index (χ3n) is 4.86. The van der Waals surface area contributed by atoms with Crippen LogP contribution in [0.5, 0.6) is 5.75 Å². The van der Waals surface area contributed by atoms with Crippen LogP contribution >= 0.6 is 23.2 Å². The molecule has 166 valence electrons. The number of ether oxygens (including phenoxy) is 1. The lowest BCUT2D eigenvalue weighted by Gasteiger charge is -2.07. The van der Waals surface area contributed by atoms with Crippen LogP contribution in [0.4, 0.5) is 0 Å². The number of aromatic amines is 1. The monoisotopic (exact) mass is 478 g/mol. The highest BCUT2D eigenvalue weighted by atomic mass is 35.5. The summed E-state index contributed by atoms with van der Waals surface area (Å²) in [4.78, 5) is 12.4. The van der Waals surface area contributed by atoms with Crippen molar-refractivity contribution in [3.8, 4) is 17.0 Å². The van der Waals surface area contributed by atoms with Gasteiger partial charge < -0.3 is 4.74 Å². The maximum Gasteiger partial charge on any atom is 0.289 e. The van der Waals surface area contributed by atoms with Gasteiger partial charge in [0.25, 0.3) is 5.91 Å². The average molecular weight is 479 g/mol. The van der Waals surface area contributed by atoms with Crippen molar-refractivity contribution in [2.24, 2.45) is 5.10 Å². The number of aromatic nitrogens is 2. The summed E-state index contributed by atoms with van der Waals surface area (Å²) < 4.78 is 5.84. The van der Waals surface area contributed by atoms with Gasteiger partial charge in [-0.1, -0.05) is 59.1 Å². The standard InChI is InChI=1S/C25H20Cl2N4O2/c1-16-5-7-17(8-6-16)15-33-19-11-9-18(10-12-19)23-13-24(30-29-23)25(32)31-28-14-20-21(26)3-2-4-22(20)27/h2-14H,15H2,1H3,(H,29,30)(H,31,32)/b28-14-. The summed E-state index contributed by atoms with van der Waals surface area (Å²) in [6, 6.07) is 22.5. The number of carbonyl (C=O) groups excluding carboxylic acids is 1. The smallest absolute Gasteiger partial charge is 0.289 e. The molecule has 1 aromatic heterocycles. The Balaban J connectivity index is 1.35. The molecule has 0 spiro atoms. The summed E-state index contributed by atoms with van der Waals surface area (Å²) >= 11 is 12.2. The molecule has 1 heterocycles. The molecule has 3 aromatic carbocycles. The molecule has 0 aliphatic rings. The Morgan fingerprint density at radius 3 is 2.45 bits per heavy atom. The molecule has 0 aliphatic carbocycles. The second kappa shape index (κ2) is 10.3. The molecule has 0 unspecified atom stereocenters. The molecule has 0 radical (unpaired) electrons. The summed E-state index contributed by atoms with van der Waals surface area (Å²) in [5, 5.41) is 11.7. The highest BCUT2D eigenvalue weighted by Crippen LogP contribution is 2.23. The van der Waals surface area contributed by atoms with Crippen molar-refractivity contribution in [1.29, 1.82) is 0 Å². The van der Waals surface area contributed by atoms with E-state index in [1.165, 1.54) is 11.8 Å². The summed E-state index contributed by atoms with van der Waals surface area (Å²) in [7, 11) is 0. The third kappa shape index (κ3) is 5.80. The van der Waals surface area contributed by atoms with Crippen LogP contribution in [0.25, 0.3) is 11.3 Å². The lowest BCUT2D eigenvalue weighted by atomic mass is 10.1. The zero-order valence-corrected chi connectivity index (χ0v) is 19.2. The Morgan fingerprint density at radius 2 is 1.76 bits per heavy atom. The van der Waals surface area contributed by atoms with E-state index in [-0.39, 0.29) is 5.69 Å².